The fourth-order valence-corrected chi connectivity index (χ4v) is 7.52. The number of rotatable bonds is 10. The van der Waals surface area contributed by atoms with Crippen LogP contribution in [0.25, 0.3) is 0 Å². The van der Waals surface area contributed by atoms with Crippen molar-refractivity contribution in [2.45, 2.75) is 36.5 Å². The van der Waals surface area contributed by atoms with Gasteiger partial charge in [-0.25, -0.2) is 13.2 Å². The molecule has 3 aromatic carbocycles. The molecule has 4 saturated heterocycles. The lowest BCUT2D eigenvalue weighted by Gasteiger charge is -2.43. The molecule has 7 rings (SSSR count). The number of carboxylic acids is 1. The lowest BCUT2D eigenvalue weighted by atomic mass is 9.86. The number of hydrogen-bond donors (Lipinski definition) is 2. The van der Waals surface area contributed by atoms with Crippen molar-refractivity contribution in [1.29, 1.82) is 0 Å². The van der Waals surface area contributed by atoms with Crippen molar-refractivity contribution in [2.24, 2.45) is 11.8 Å². The highest BCUT2D eigenvalue weighted by molar-refractivity contribution is 7.89. The van der Waals surface area contributed by atoms with E-state index in [0.717, 1.165) is 49.2 Å². The molecule has 0 spiro atoms. The van der Waals surface area contributed by atoms with Crippen molar-refractivity contribution in [3.8, 4) is 5.75 Å². The monoisotopic (exact) mass is 605 g/mol. The largest absolute Gasteiger partial charge is 0.489 e. The molecular formula is C32H35N3O7S. The van der Waals surface area contributed by atoms with Gasteiger partial charge in [0.2, 0.25) is 10.0 Å². The van der Waals surface area contributed by atoms with Crippen LogP contribution >= 0.6 is 0 Å². The average Bonchev–Trinajstić information content (AvgIpc) is 2.99. The summed E-state index contributed by atoms with van der Waals surface area (Å²) in [6.07, 6.45) is 1.58. The number of nitrogens with zero attached hydrogens (tertiary/aromatic N) is 2. The number of ether oxygens (including phenoxy) is 2. The summed E-state index contributed by atoms with van der Waals surface area (Å²) in [6, 6.07) is 23.2. The number of sulfonamides is 1. The first-order valence-corrected chi connectivity index (χ1v) is 16.0. The Morgan fingerprint density at radius 2 is 1.60 bits per heavy atom. The van der Waals surface area contributed by atoms with Gasteiger partial charge in [-0.05, 0) is 72.8 Å². The van der Waals surface area contributed by atoms with Gasteiger partial charge in [0.25, 0.3) is 0 Å². The normalized spacial score (nSPS) is 22.7. The molecule has 10 nitrogen and oxygen atoms in total. The van der Waals surface area contributed by atoms with E-state index in [0.29, 0.717) is 11.7 Å². The highest BCUT2D eigenvalue weighted by atomic mass is 32.2. The van der Waals surface area contributed by atoms with Crippen molar-refractivity contribution in [3.63, 3.8) is 0 Å². The minimum Gasteiger partial charge on any atom is -0.489 e. The van der Waals surface area contributed by atoms with Crippen molar-refractivity contribution in [1.82, 2.24) is 14.5 Å². The third-order valence-corrected chi connectivity index (χ3v) is 10.5. The fraction of sp³-hybridized carbons (Fsp3) is 0.375. The standard InChI is InChI=1S/C32H35N3O7S/c36-31(37)26-18-35(19-26)43(39,40)28-11-9-22(10-12-28)21-41-27-8-4-7-25(17-27)30(24-5-2-1-3-6-24)33-32(38)42-29-20-34-15-13-23(29)14-16-34/h1-12,17,23,26,29-30H,13-16,18-21H2,(H,33,38)(H,36,37)/t29-,30-/m0/s1. The highest BCUT2D eigenvalue weighted by Crippen LogP contribution is 2.31. The molecule has 0 saturated carbocycles. The van der Waals surface area contributed by atoms with Crippen LogP contribution in [0.2, 0.25) is 0 Å². The third-order valence-electron chi connectivity index (χ3n) is 8.61. The maximum atomic E-state index is 13.1. The molecule has 4 aliphatic heterocycles. The minimum absolute atomic E-state index is 0.0187. The molecule has 1 amide bonds. The van der Waals surface area contributed by atoms with Gasteiger partial charge >= 0.3 is 12.1 Å². The number of carboxylic acid groups (broad SMARTS) is 1. The van der Waals surface area contributed by atoms with E-state index in [9.17, 15) is 18.0 Å². The number of piperidine rings is 3. The summed E-state index contributed by atoms with van der Waals surface area (Å²) in [5, 5.41) is 12.1. The van der Waals surface area contributed by atoms with E-state index in [2.05, 4.69) is 10.2 Å². The molecule has 4 fully saturated rings. The second-order valence-electron chi connectivity index (χ2n) is 11.4. The molecule has 226 valence electrons. The average molecular weight is 606 g/mol. The van der Waals surface area contributed by atoms with Crippen LogP contribution in [-0.2, 0) is 26.2 Å². The van der Waals surface area contributed by atoms with Crippen molar-refractivity contribution >= 4 is 22.1 Å². The number of hydrogen-bond acceptors (Lipinski definition) is 7. The second-order valence-corrected chi connectivity index (χ2v) is 13.4. The minimum atomic E-state index is -3.73. The van der Waals surface area contributed by atoms with Crippen LogP contribution in [0.5, 0.6) is 5.75 Å². The van der Waals surface area contributed by atoms with E-state index >= 15 is 0 Å². The molecule has 0 unspecified atom stereocenters. The van der Waals surface area contributed by atoms with Gasteiger partial charge in [-0.15, -0.1) is 0 Å². The zero-order valence-corrected chi connectivity index (χ0v) is 24.5. The smallest absolute Gasteiger partial charge is 0.408 e. The molecule has 0 radical (unpaired) electrons. The Morgan fingerprint density at radius 3 is 2.26 bits per heavy atom. The highest BCUT2D eigenvalue weighted by Gasteiger charge is 2.40. The van der Waals surface area contributed by atoms with Crippen molar-refractivity contribution in [3.05, 3.63) is 95.6 Å². The lowest BCUT2D eigenvalue weighted by Crippen LogP contribution is -2.52. The van der Waals surface area contributed by atoms with Crippen LogP contribution in [-0.4, -0.2) is 73.6 Å². The van der Waals surface area contributed by atoms with E-state index in [1.807, 2.05) is 54.6 Å². The second kappa shape index (κ2) is 12.4. The number of amides is 1. The Kier molecular flexibility index (Phi) is 8.38. The zero-order chi connectivity index (χ0) is 30.0. The van der Waals surface area contributed by atoms with E-state index in [1.165, 1.54) is 16.4 Å². The van der Waals surface area contributed by atoms with E-state index < -0.39 is 34.0 Å². The zero-order valence-electron chi connectivity index (χ0n) is 23.7. The maximum absolute atomic E-state index is 13.1. The van der Waals surface area contributed by atoms with Gasteiger partial charge in [0.15, 0.2) is 0 Å². The first-order valence-electron chi connectivity index (χ1n) is 14.6. The predicted molar refractivity (Wildman–Crippen MR) is 158 cm³/mol. The summed E-state index contributed by atoms with van der Waals surface area (Å²) in [7, 11) is -3.73. The first-order chi connectivity index (χ1) is 20.8. The van der Waals surface area contributed by atoms with Crippen LogP contribution in [0.3, 0.4) is 0 Å². The maximum Gasteiger partial charge on any atom is 0.408 e. The molecule has 2 atom stereocenters. The number of alkyl carbamates (subject to hydrolysis) is 1. The topological polar surface area (TPSA) is 125 Å². The summed E-state index contributed by atoms with van der Waals surface area (Å²) in [6.45, 7) is 3.10. The van der Waals surface area contributed by atoms with Gasteiger partial charge in [-0.3, -0.25) is 9.69 Å². The summed E-state index contributed by atoms with van der Waals surface area (Å²) >= 11 is 0. The molecule has 3 aromatic rings. The lowest BCUT2D eigenvalue weighted by molar-refractivity contribution is -0.145. The molecule has 2 N–H and O–H groups in total. The Balaban J connectivity index is 1.10. The Labute approximate surface area is 251 Å². The molecule has 43 heavy (non-hydrogen) atoms. The molecule has 0 aliphatic carbocycles. The van der Waals surface area contributed by atoms with Crippen molar-refractivity contribution in [2.75, 3.05) is 32.7 Å². The van der Waals surface area contributed by atoms with Gasteiger partial charge < -0.3 is 19.9 Å². The van der Waals surface area contributed by atoms with Gasteiger partial charge in [0, 0.05) is 19.6 Å². The van der Waals surface area contributed by atoms with Crippen LogP contribution in [0.15, 0.2) is 83.8 Å². The number of carbonyl (C=O) groups is 2. The van der Waals surface area contributed by atoms with Gasteiger partial charge in [-0.2, -0.15) is 4.31 Å². The molecular weight excluding hydrogens is 570 g/mol. The molecule has 2 bridgehead atoms. The summed E-state index contributed by atoms with van der Waals surface area (Å²) in [4.78, 5) is 26.6. The summed E-state index contributed by atoms with van der Waals surface area (Å²) in [5.74, 6) is -0.635. The van der Waals surface area contributed by atoms with Gasteiger partial charge in [0.1, 0.15) is 18.5 Å². The first kappa shape index (κ1) is 29.2. The third kappa shape index (κ3) is 6.53. The predicted octanol–water partition coefficient (Wildman–Crippen LogP) is 3.88. The molecule has 0 aromatic heterocycles. The number of aliphatic carboxylic acids is 1. The molecule has 4 aliphatic rings. The Morgan fingerprint density at radius 1 is 0.907 bits per heavy atom. The number of carbonyl (C=O) groups excluding carboxylic acids is 1. The quantitative estimate of drug-likeness (QED) is 0.357. The van der Waals surface area contributed by atoms with E-state index in [-0.39, 0.29) is 30.7 Å². The molecule has 11 heteroatoms. The van der Waals surface area contributed by atoms with Gasteiger partial charge in [-0.1, -0.05) is 54.6 Å². The fourth-order valence-electron chi connectivity index (χ4n) is 5.99. The van der Waals surface area contributed by atoms with Gasteiger partial charge in [0.05, 0.1) is 16.9 Å². The van der Waals surface area contributed by atoms with Crippen LogP contribution in [0.4, 0.5) is 4.79 Å². The molecule has 4 heterocycles. The summed E-state index contributed by atoms with van der Waals surface area (Å²) in [5.41, 5.74) is 2.53. The van der Waals surface area contributed by atoms with E-state index in [4.69, 9.17) is 14.6 Å². The van der Waals surface area contributed by atoms with E-state index in [1.54, 1.807) is 12.1 Å². The van der Waals surface area contributed by atoms with Crippen LogP contribution in [0.1, 0.15) is 35.6 Å². The SMILES string of the molecule is O=C(N[C@@H](c1ccccc1)c1cccc(OCc2ccc(S(=O)(=O)N3CC(C(=O)O)C3)cc2)c1)O[C@H]1CN2CCC1CC2. The van der Waals surface area contributed by atoms with Crippen LogP contribution in [0, 0.1) is 11.8 Å². The number of nitrogens with one attached hydrogen (secondary N) is 1. The Hall–Kier alpha value is -3.93. The summed E-state index contributed by atoms with van der Waals surface area (Å²) < 4.78 is 38.7. The van der Waals surface area contributed by atoms with Crippen molar-refractivity contribution < 1.29 is 32.6 Å². The Bertz CT molecular complexity index is 1550. The number of fused-ring (bicyclic) bond motifs is 3. The number of benzene rings is 3. The van der Waals surface area contributed by atoms with Crippen LogP contribution < -0.4 is 10.1 Å².